The number of hydrogen-bond donors (Lipinski definition) is 10. The van der Waals surface area contributed by atoms with E-state index < -0.39 is 121 Å². The summed E-state index contributed by atoms with van der Waals surface area (Å²) in [6, 6.07) is 7.27. The van der Waals surface area contributed by atoms with Crippen molar-refractivity contribution in [2.75, 3.05) is 13.7 Å². The molecule has 0 bridgehead atoms. The van der Waals surface area contributed by atoms with E-state index in [-0.39, 0.29) is 34.6 Å². The minimum Gasteiger partial charge on any atom is -0.507 e. The molecule has 0 aliphatic carbocycles. The van der Waals surface area contributed by atoms with Crippen LogP contribution in [0.3, 0.4) is 0 Å². The highest BCUT2D eigenvalue weighted by molar-refractivity contribution is 5.91. The van der Waals surface area contributed by atoms with Crippen molar-refractivity contribution in [1.82, 2.24) is 0 Å². The maximum Gasteiger partial charge on any atom is 0.239 e. The molecular weight excluding hydrogens is 772 g/mol. The number of ether oxygens (including phenoxy) is 7. The van der Waals surface area contributed by atoms with Gasteiger partial charge in [-0.2, -0.15) is 0 Å². The van der Waals surface area contributed by atoms with Crippen molar-refractivity contribution >= 4 is 11.0 Å². The van der Waals surface area contributed by atoms with Crippen LogP contribution in [0.5, 0.6) is 23.0 Å². The van der Waals surface area contributed by atoms with E-state index in [9.17, 15) is 55.9 Å². The summed E-state index contributed by atoms with van der Waals surface area (Å²) in [7, 11) is 1.45. The van der Waals surface area contributed by atoms with Crippen LogP contribution in [-0.2, 0) is 25.4 Å². The van der Waals surface area contributed by atoms with Crippen molar-refractivity contribution in [3.05, 3.63) is 57.8 Å². The van der Waals surface area contributed by atoms with E-state index in [1.165, 1.54) is 33.1 Å². The largest absolute Gasteiger partial charge is 0.507 e. The second-order valence-electron chi connectivity index (χ2n) is 14.8. The Kier molecular flexibility index (Phi) is 13.3. The van der Waals surface area contributed by atoms with E-state index in [0.29, 0.717) is 5.75 Å². The van der Waals surface area contributed by atoms with Gasteiger partial charge in [-0.05, 0) is 58.4 Å². The van der Waals surface area contributed by atoms with Crippen molar-refractivity contribution in [3.63, 3.8) is 0 Å². The maximum atomic E-state index is 14.7. The van der Waals surface area contributed by atoms with Gasteiger partial charge in [0.2, 0.25) is 23.8 Å². The first-order valence-electron chi connectivity index (χ1n) is 18.6. The zero-order chi connectivity index (χ0) is 42.3. The number of methoxy groups -OCH3 is 1. The van der Waals surface area contributed by atoms with Gasteiger partial charge in [-0.15, -0.1) is 0 Å². The van der Waals surface area contributed by atoms with Gasteiger partial charge in [-0.3, -0.25) is 4.79 Å². The monoisotopic (exact) mass is 822 g/mol. The minimum atomic E-state index is -1.83. The molecule has 1 aromatic heterocycles. The van der Waals surface area contributed by atoms with Crippen LogP contribution < -0.4 is 19.6 Å². The molecule has 10 N–H and O–H groups in total. The third-order valence-corrected chi connectivity index (χ3v) is 10.4. The number of phenolic OH excluding ortho intramolecular Hbond substituents is 1. The minimum absolute atomic E-state index is 0.0169. The molecule has 3 aliphatic heterocycles. The first-order chi connectivity index (χ1) is 27.5. The molecule has 0 amide bonds. The smallest absolute Gasteiger partial charge is 0.239 e. The lowest BCUT2D eigenvalue weighted by Crippen LogP contribution is -2.63. The van der Waals surface area contributed by atoms with E-state index in [1.54, 1.807) is 18.2 Å². The van der Waals surface area contributed by atoms with Gasteiger partial charge in [0, 0.05) is 17.2 Å². The molecule has 3 fully saturated rings. The summed E-state index contributed by atoms with van der Waals surface area (Å²) >= 11 is 0. The average Bonchev–Trinajstić information content (AvgIpc) is 3.20. The van der Waals surface area contributed by atoms with Gasteiger partial charge in [0.1, 0.15) is 83.2 Å². The molecule has 320 valence electrons. The van der Waals surface area contributed by atoms with E-state index in [2.05, 4.69) is 0 Å². The number of aliphatic hydroxyl groups is 9. The predicted molar refractivity (Wildman–Crippen MR) is 198 cm³/mol. The first-order valence-corrected chi connectivity index (χ1v) is 18.6. The van der Waals surface area contributed by atoms with Gasteiger partial charge in [-0.1, -0.05) is 11.6 Å². The van der Waals surface area contributed by atoms with Crippen LogP contribution in [0.1, 0.15) is 33.3 Å². The summed E-state index contributed by atoms with van der Waals surface area (Å²) in [5.41, 5.74) is 0.0592. The Hall–Kier alpha value is -3.93. The fraction of sp³-hybridized carbons (Fsp3) is 0.564. The molecule has 3 aromatic rings. The van der Waals surface area contributed by atoms with E-state index in [1.807, 2.05) is 13.8 Å². The number of allylic oxidation sites excluding steroid dienone is 2. The Balaban J connectivity index is 1.50. The predicted octanol–water partition coefficient (Wildman–Crippen LogP) is -1.08. The lowest BCUT2D eigenvalue weighted by Gasteiger charge is -2.45. The number of phenols is 1. The number of benzene rings is 2. The van der Waals surface area contributed by atoms with Crippen LogP contribution >= 0.6 is 0 Å². The fourth-order valence-corrected chi connectivity index (χ4v) is 6.93. The standard InChI is InChI=1S/C39H50O19/c1-14(2)6-11-19-21(54-38-32(50)29(47)26(44)22(13-40)55-38)12-20(41)23-27(45)35(33(56-34(19)23)17-7-9-18(51-5)10-8-17)57-39-36(30(48)25(43)16(4)53-39)58-37-31(49)28(46)24(42)15(3)52-37/h6-10,12,15-16,22,24-26,28-32,36-44,46-50H,11,13H2,1-5H3/t15-,16+,22-,24+,25-,26+,28+,29+,30-,31-,32-,36+,37-,38+,39-/m0/s1. The SMILES string of the molecule is COc1ccc(-c2oc3c(CC=C(C)C)c(O[C@@H]4O[C@@H](CO)[C@@H](O)[C@@H](O)[C@@H]4O)cc(O)c3c(=O)c2O[C@@H]2O[C@H](C)[C@H](O)[C@H](O)[C@H]2O[C@@H]2O[C@@H](C)[C@@H](O)[C@@H](O)[C@@H]2O)cc1. The molecule has 4 heterocycles. The summed E-state index contributed by atoms with van der Waals surface area (Å²) in [6.45, 7) is 5.71. The van der Waals surface area contributed by atoms with Gasteiger partial charge in [-0.25, -0.2) is 0 Å². The van der Waals surface area contributed by atoms with Gasteiger partial charge in [0.05, 0.1) is 25.9 Å². The first kappa shape index (κ1) is 43.6. The molecule has 6 rings (SSSR count). The lowest BCUT2D eigenvalue weighted by molar-refractivity contribution is -0.352. The van der Waals surface area contributed by atoms with Crippen molar-refractivity contribution in [1.29, 1.82) is 0 Å². The molecule has 19 heteroatoms. The lowest BCUT2D eigenvalue weighted by atomic mass is 9.98. The van der Waals surface area contributed by atoms with Crippen LogP contribution in [0, 0.1) is 0 Å². The van der Waals surface area contributed by atoms with Gasteiger partial charge >= 0.3 is 0 Å². The molecule has 58 heavy (non-hydrogen) atoms. The fourth-order valence-electron chi connectivity index (χ4n) is 6.93. The summed E-state index contributed by atoms with van der Waals surface area (Å²) in [6.07, 6.45) is -22.2. The van der Waals surface area contributed by atoms with Crippen molar-refractivity contribution in [3.8, 4) is 34.3 Å². The van der Waals surface area contributed by atoms with Crippen LogP contribution in [0.15, 0.2) is 51.2 Å². The van der Waals surface area contributed by atoms with Crippen molar-refractivity contribution < 1.29 is 88.6 Å². The Morgan fingerprint density at radius 3 is 1.98 bits per heavy atom. The summed E-state index contributed by atoms with van der Waals surface area (Å²) < 4.78 is 46.9. The zero-order valence-corrected chi connectivity index (χ0v) is 32.2. The molecular formula is C39H50O19. The molecule has 0 saturated carbocycles. The number of fused-ring (bicyclic) bond motifs is 1. The average molecular weight is 823 g/mol. The molecule has 0 unspecified atom stereocenters. The van der Waals surface area contributed by atoms with Crippen LogP contribution in [0.25, 0.3) is 22.3 Å². The molecule has 19 nitrogen and oxygen atoms in total. The molecule has 0 radical (unpaired) electrons. The Labute approximate surface area is 331 Å². The number of rotatable bonds is 11. The van der Waals surface area contributed by atoms with Gasteiger partial charge in [0.15, 0.2) is 18.2 Å². The second kappa shape index (κ2) is 17.7. The highest BCUT2D eigenvalue weighted by Gasteiger charge is 2.51. The van der Waals surface area contributed by atoms with E-state index in [4.69, 9.17) is 37.6 Å². The van der Waals surface area contributed by atoms with E-state index >= 15 is 0 Å². The van der Waals surface area contributed by atoms with Crippen molar-refractivity contribution in [2.45, 2.75) is 126 Å². The number of hydrogen-bond acceptors (Lipinski definition) is 19. The summed E-state index contributed by atoms with van der Waals surface area (Å²) in [4.78, 5) is 14.7. The molecule has 15 atom stereocenters. The topological polar surface area (TPSA) is 297 Å². The van der Waals surface area contributed by atoms with Crippen LogP contribution in [0.2, 0.25) is 0 Å². The Bertz CT molecular complexity index is 1980. The molecule has 3 aliphatic rings. The summed E-state index contributed by atoms with van der Waals surface area (Å²) in [5, 5.41) is 106. The third-order valence-electron chi connectivity index (χ3n) is 10.4. The molecule has 0 spiro atoms. The second-order valence-corrected chi connectivity index (χ2v) is 14.8. The highest BCUT2D eigenvalue weighted by atomic mass is 16.8. The number of aliphatic hydroxyl groups excluding tert-OH is 9. The Morgan fingerprint density at radius 1 is 0.759 bits per heavy atom. The molecule has 3 saturated heterocycles. The number of aromatic hydroxyl groups is 1. The van der Waals surface area contributed by atoms with Gasteiger partial charge < -0.3 is 88.6 Å². The third kappa shape index (κ3) is 8.41. The Morgan fingerprint density at radius 2 is 1.36 bits per heavy atom. The van der Waals surface area contributed by atoms with Crippen LogP contribution in [-0.4, -0.2) is 157 Å². The van der Waals surface area contributed by atoms with Crippen molar-refractivity contribution in [2.24, 2.45) is 0 Å². The molecule has 2 aromatic carbocycles. The maximum absolute atomic E-state index is 14.7. The van der Waals surface area contributed by atoms with Crippen LogP contribution in [0.4, 0.5) is 0 Å². The van der Waals surface area contributed by atoms with E-state index in [0.717, 1.165) is 11.6 Å². The zero-order valence-electron chi connectivity index (χ0n) is 32.2. The normalized spacial score (nSPS) is 35.4. The quantitative estimate of drug-likeness (QED) is 0.103. The summed E-state index contributed by atoms with van der Waals surface area (Å²) in [5.74, 6) is -1.22. The highest BCUT2D eigenvalue weighted by Crippen LogP contribution is 2.42. The van der Waals surface area contributed by atoms with Gasteiger partial charge in [0.25, 0.3) is 0 Å².